The molecule has 0 radical (unpaired) electrons. The van der Waals surface area contributed by atoms with Crippen LogP contribution in [0, 0.1) is 0 Å². The zero-order valence-corrected chi connectivity index (χ0v) is 27.3. The number of halogens is 1. The summed E-state index contributed by atoms with van der Waals surface area (Å²) in [4.78, 5) is 36.9. The van der Waals surface area contributed by atoms with Crippen molar-refractivity contribution in [2.75, 3.05) is 31.8 Å². The molecular weight excluding hydrogens is 673 g/mol. The average Bonchev–Trinajstić information content (AvgIpc) is 3.77. The van der Waals surface area contributed by atoms with Gasteiger partial charge in [-0.2, -0.15) is 0 Å². The molecule has 3 aromatic rings. The number of hydrogen-bond acceptors (Lipinski definition) is 6. The lowest BCUT2D eigenvalue weighted by molar-refractivity contribution is -0.938. The van der Waals surface area contributed by atoms with Gasteiger partial charge >= 0.3 is 6.09 Å². The van der Waals surface area contributed by atoms with Crippen molar-refractivity contribution in [3.8, 4) is 16.9 Å². The van der Waals surface area contributed by atoms with Crippen molar-refractivity contribution in [3.63, 3.8) is 0 Å². The number of benzene rings is 3. The normalized spacial score (nSPS) is 23.8. The van der Waals surface area contributed by atoms with Crippen LogP contribution in [0.15, 0.2) is 66.7 Å². The van der Waals surface area contributed by atoms with Gasteiger partial charge in [0.05, 0.1) is 32.6 Å². The van der Waals surface area contributed by atoms with Gasteiger partial charge < -0.3 is 48.0 Å². The van der Waals surface area contributed by atoms with Crippen molar-refractivity contribution < 1.29 is 57.1 Å². The van der Waals surface area contributed by atoms with Gasteiger partial charge in [-0.15, -0.1) is 0 Å². The number of quaternary nitrogens is 1. The molecule has 3 aromatic carbocycles. The van der Waals surface area contributed by atoms with Crippen LogP contribution in [0.4, 0.5) is 16.2 Å². The lowest BCUT2D eigenvalue weighted by Gasteiger charge is -2.45. The van der Waals surface area contributed by atoms with Gasteiger partial charge in [-0.3, -0.25) is 14.9 Å². The Morgan fingerprint density at radius 1 is 0.955 bits per heavy atom. The van der Waals surface area contributed by atoms with Crippen LogP contribution in [0.1, 0.15) is 41.6 Å². The van der Waals surface area contributed by atoms with E-state index in [-0.39, 0.29) is 36.0 Å². The zero-order chi connectivity index (χ0) is 30.1. The topological polar surface area (TPSA) is 106 Å². The molecule has 0 saturated carbocycles. The average molecular weight is 712 g/mol. The highest BCUT2D eigenvalue weighted by Gasteiger charge is 2.70. The van der Waals surface area contributed by atoms with Crippen molar-refractivity contribution in [1.82, 2.24) is 0 Å². The fraction of sp³-hybridized carbons (Fsp3) is 0.382. The van der Waals surface area contributed by atoms with Crippen LogP contribution in [0.25, 0.3) is 11.1 Å². The number of ether oxygens (including phenoxy) is 3. The number of amides is 2. The Balaban J connectivity index is 0.00000384. The predicted octanol–water partition coefficient (Wildman–Crippen LogP) is 2.45. The summed E-state index contributed by atoms with van der Waals surface area (Å²) in [6, 6.07) is 21.5. The minimum Gasteiger partial charge on any atom is -1.00 e. The first-order valence-corrected chi connectivity index (χ1v) is 14.8. The number of nitrogens with zero attached hydrogens (tertiary/aromatic N) is 1. The molecule has 2 N–H and O–H groups in total. The first-order chi connectivity index (χ1) is 20.8. The SMILES string of the molecule is COc1cc(C=O)ccc1NC(=O)CCCc1ccc(-c2ccccc2)c(NC(=O)O[C@@H]2C[C@@H]3[C@H]4O[C@H]4[C@H](C2)[N+]3(C)C)c1.[I-]. The highest BCUT2D eigenvalue weighted by atomic mass is 127. The quantitative estimate of drug-likeness (QED) is 0.145. The molecule has 3 saturated heterocycles. The summed E-state index contributed by atoms with van der Waals surface area (Å²) >= 11 is 0. The van der Waals surface area contributed by atoms with Gasteiger partial charge in [0.25, 0.3) is 0 Å². The molecule has 2 amide bonds. The summed E-state index contributed by atoms with van der Waals surface area (Å²) in [5, 5.41) is 5.89. The molecule has 0 aromatic heterocycles. The molecule has 9 nitrogen and oxygen atoms in total. The summed E-state index contributed by atoms with van der Waals surface area (Å²) < 4.78 is 18.1. The first-order valence-electron chi connectivity index (χ1n) is 14.8. The van der Waals surface area contributed by atoms with Gasteiger partial charge in [0.1, 0.15) is 42.4 Å². The summed E-state index contributed by atoms with van der Waals surface area (Å²) in [7, 11) is 6.01. The molecule has 232 valence electrons. The number of aryl methyl sites for hydroxylation is 1. The van der Waals surface area contributed by atoms with E-state index in [0.29, 0.717) is 66.2 Å². The molecule has 3 aliphatic heterocycles. The number of methoxy groups -OCH3 is 1. The summed E-state index contributed by atoms with van der Waals surface area (Å²) in [5.41, 5.74) is 4.57. The largest absolute Gasteiger partial charge is 1.00 e. The molecule has 0 unspecified atom stereocenters. The van der Waals surface area contributed by atoms with E-state index in [1.165, 1.54) is 7.11 Å². The Morgan fingerprint density at radius 2 is 1.68 bits per heavy atom. The molecule has 0 spiro atoms. The maximum absolute atomic E-state index is 13.2. The number of rotatable bonds is 10. The van der Waals surface area contributed by atoms with Gasteiger partial charge in [0.2, 0.25) is 5.91 Å². The summed E-state index contributed by atoms with van der Waals surface area (Å²) in [6.45, 7) is 0. The van der Waals surface area contributed by atoms with Crippen LogP contribution in [0.3, 0.4) is 0 Å². The van der Waals surface area contributed by atoms with E-state index in [4.69, 9.17) is 14.2 Å². The lowest BCUT2D eigenvalue weighted by Crippen LogP contribution is -3.00. The van der Waals surface area contributed by atoms with Gasteiger partial charge in [0, 0.05) is 30.4 Å². The van der Waals surface area contributed by atoms with Crippen LogP contribution < -0.4 is 39.3 Å². The Kier molecular flexibility index (Phi) is 9.62. The number of carbonyl (C=O) groups excluding carboxylic acids is 3. The van der Waals surface area contributed by atoms with Crippen LogP contribution >= 0.6 is 0 Å². The second-order valence-electron chi connectivity index (χ2n) is 12.2. The molecular formula is C34H38IN3O6. The fourth-order valence-electron chi connectivity index (χ4n) is 6.86. The molecule has 10 heteroatoms. The standard InChI is InChI=1S/C34H37N3O6.HI/c1-37(2)28-18-24(19-29(37)33-32(28)43-33)42-34(40)36-27-16-21(12-14-25(27)23-9-5-4-6-10-23)8-7-11-31(39)35-26-15-13-22(20-38)17-30(26)41-3;/h4-6,9-10,12-17,20,24,28-29,32-33H,7-8,11,18-19H2,1-3H3,(H-,35,36,38,39,40);1H/t24-,28-,29+,32-,33+;. The van der Waals surface area contributed by atoms with Crippen molar-refractivity contribution in [1.29, 1.82) is 0 Å². The Morgan fingerprint density at radius 3 is 2.36 bits per heavy atom. The summed E-state index contributed by atoms with van der Waals surface area (Å²) in [6.07, 6.45) is 3.91. The van der Waals surface area contributed by atoms with Crippen molar-refractivity contribution in [2.45, 2.75) is 62.5 Å². The highest BCUT2D eigenvalue weighted by Crippen LogP contribution is 2.51. The first kappa shape index (κ1) is 31.9. The predicted molar refractivity (Wildman–Crippen MR) is 163 cm³/mol. The van der Waals surface area contributed by atoms with Gasteiger partial charge in [0.15, 0.2) is 0 Å². The minimum absolute atomic E-state index is 0. The smallest absolute Gasteiger partial charge is 0.411 e. The maximum atomic E-state index is 13.2. The number of morpholine rings is 1. The van der Waals surface area contributed by atoms with Gasteiger partial charge in [-0.1, -0.05) is 42.5 Å². The third kappa shape index (κ3) is 6.62. The van der Waals surface area contributed by atoms with Crippen molar-refractivity contribution in [2.24, 2.45) is 0 Å². The van der Waals surface area contributed by atoms with E-state index >= 15 is 0 Å². The van der Waals surface area contributed by atoms with Crippen LogP contribution in [-0.4, -0.2) is 74.4 Å². The molecule has 2 bridgehead atoms. The highest BCUT2D eigenvalue weighted by molar-refractivity contribution is 5.93. The minimum atomic E-state index is -0.450. The van der Waals surface area contributed by atoms with E-state index in [0.717, 1.165) is 40.3 Å². The van der Waals surface area contributed by atoms with Crippen molar-refractivity contribution >= 4 is 29.7 Å². The van der Waals surface area contributed by atoms with Gasteiger partial charge in [-0.25, -0.2) is 4.79 Å². The second kappa shape index (κ2) is 13.3. The van der Waals surface area contributed by atoms with Crippen LogP contribution in [0.2, 0.25) is 0 Å². The number of epoxide rings is 1. The monoisotopic (exact) mass is 711 g/mol. The summed E-state index contributed by atoms with van der Waals surface area (Å²) in [5.74, 6) is 0.289. The van der Waals surface area contributed by atoms with Gasteiger partial charge in [-0.05, 0) is 48.2 Å². The molecule has 44 heavy (non-hydrogen) atoms. The molecule has 3 heterocycles. The number of anilines is 2. The number of nitrogens with one attached hydrogen (secondary N) is 2. The number of hydrogen-bond donors (Lipinski definition) is 2. The van der Waals surface area contributed by atoms with E-state index in [1.54, 1.807) is 18.2 Å². The Bertz CT molecular complexity index is 1510. The Labute approximate surface area is 274 Å². The fourth-order valence-corrected chi connectivity index (χ4v) is 6.86. The van der Waals surface area contributed by atoms with Crippen molar-refractivity contribution in [3.05, 3.63) is 77.9 Å². The molecule has 5 atom stereocenters. The Hall–Kier alpha value is -3.48. The number of likely N-dealkylation sites (N-methyl/N-ethyl adjacent to an activating group) is 1. The van der Waals surface area contributed by atoms with E-state index < -0.39 is 6.09 Å². The van der Waals surface area contributed by atoms with Crippen LogP contribution in [0.5, 0.6) is 5.75 Å². The zero-order valence-electron chi connectivity index (χ0n) is 25.1. The molecule has 6 rings (SSSR count). The number of fused-ring (bicyclic) bond motifs is 5. The third-order valence-corrected chi connectivity index (χ3v) is 9.22. The maximum Gasteiger partial charge on any atom is 0.411 e. The van der Waals surface area contributed by atoms with Crippen LogP contribution in [-0.2, 0) is 20.7 Å². The third-order valence-electron chi connectivity index (χ3n) is 9.22. The number of aldehydes is 1. The second-order valence-corrected chi connectivity index (χ2v) is 12.2. The molecule has 0 aliphatic carbocycles. The van der Waals surface area contributed by atoms with E-state index in [2.05, 4.69) is 24.7 Å². The van der Waals surface area contributed by atoms with E-state index in [9.17, 15) is 14.4 Å². The molecule has 3 aliphatic rings. The number of piperidine rings is 1. The van der Waals surface area contributed by atoms with E-state index in [1.807, 2.05) is 48.5 Å². The number of carbonyl (C=O) groups is 3. The molecule has 3 fully saturated rings. The lowest BCUT2D eigenvalue weighted by atomic mass is 9.96.